The summed E-state index contributed by atoms with van der Waals surface area (Å²) in [7, 11) is -3.96. The van der Waals surface area contributed by atoms with Gasteiger partial charge in [-0.2, -0.15) is 0 Å². The van der Waals surface area contributed by atoms with E-state index in [9.17, 15) is 13.2 Å². The molecule has 0 saturated heterocycles. The van der Waals surface area contributed by atoms with Gasteiger partial charge in [-0.15, -0.1) is 0 Å². The first-order valence-corrected chi connectivity index (χ1v) is 10.8. The Balaban J connectivity index is 1.73. The molecular weight excluding hydrogens is 412 g/mol. The van der Waals surface area contributed by atoms with E-state index in [0.717, 1.165) is 4.31 Å². The number of amides is 1. The molecule has 0 bridgehead atoms. The molecule has 0 unspecified atom stereocenters. The minimum Gasteiger partial charge on any atom is -0.354 e. The lowest BCUT2D eigenvalue weighted by Crippen LogP contribution is -2.41. The van der Waals surface area contributed by atoms with Gasteiger partial charge in [0.05, 0.1) is 21.9 Å². The van der Waals surface area contributed by atoms with Crippen molar-refractivity contribution in [1.82, 2.24) is 14.9 Å². The Hall–Kier alpha value is -2.84. The maximum atomic E-state index is 13.2. The van der Waals surface area contributed by atoms with Crippen molar-refractivity contribution in [2.75, 3.05) is 17.4 Å². The van der Waals surface area contributed by atoms with E-state index in [4.69, 9.17) is 11.6 Å². The quantitative estimate of drug-likeness (QED) is 0.527. The van der Waals surface area contributed by atoms with Crippen LogP contribution < -0.4 is 9.62 Å². The van der Waals surface area contributed by atoms with Gasteiger partial charge >= 0.3 is 0 Å². The molecule has 0 atom stereocenters. The summed E-state index contributed by atoms with van der Waals surface area (Å²) >= 11 is 6.23. The SMILES string of the molecule is O=C(CN(c1ccccc1Cl)S(=O)(=O)c1ccccc1)NCCCn1ccnc1. The van der Waals surface area contributed by atoms with Gasteiger partial charge in [0.15, 0.2) is 0 Å². The Kier molecular flexibility index (Phi) is 6.90. The lowest BCUT2D eigenvalue weighted by atomic mass is 10.3. The molecule has 0 aliphatic heterocycles. The molecule has 0 saturated carbocycles. The van der Waals surface area contributed by atoms with Crippen molar-refractivity contribution in [1.29, 1.82) is 0 Å². The number of aromatic nitrogens is 2. The third kappa shape index (κ3) is 5.36. The summed E-state index contributed by atoms with van der Waals surface area (Å²) in [4.78, 5) is 16.6. The molecule has 152 valence electrons. The van der Waals surface area contributed by atoms with Gasteiger partial charge in [-0.3, -0.25) is 9.10 Å². The Morgan fingerprint density at radius 3 is 2.52 bits per heavy atom. The van der Waals surface area contributed by atoms with Gasteiger partial charge in [0.1, 0.15) is 6.54 Å². The van der Waals surface area contributed by atoms with Gasteiger partial charge in [0.25, 0.3) is 10.0 Å². The zero-order valence-electron chi connectivity index (χ0n) is 15.6. The monoisotopic (exact) mass is 432 g/mol. The number of anilines is 1. The first-order valence-electron chi connectivity index (χ1n) is 9.03. The van der Waals surface area contributed by atoms with Crippen LogP contribution in [-0.4, -0.2) is 37.0 Å². The summed E-state index contributed by atoms with van der Waals surface area (Å²) in [6.45, 7) is 0.752. The van der Waals surface area contributed by atoms with Crippen molar-refractivity contribution in [2.45, 2.75) is 17.9 Å². The van der Waals surface area contributed by atoms with Crippen LogP contribution in [0.3, 0.4) is 0 Å². The Labute approximate surface area is 175 Å². The normalized spacial score (nSPS) is 11.2. The zero-order valence-corrected chi connectivity index (χ0v) is 17.2. The Bertz CT molecular complexity index is 1040. The van der Waals surface area contributed by atoms with Crippen molar-refractivity contribution in [3.8, 4) is 0 Å². The van der Waals surface area contributed by atoms with Crippen LogP contribution in [0.4, 0.5) is 5.69 Å². The second kappa shape index (κ2) is 9.58. The summed E-state index contributed by atoms with van der Waals surface area (Å²) in [5.74, 6) is -0.407. The molecule has 3 aromatic rings. The van der Waals surface area contributed by atoms with Crippen LogP contribution >= 0.6 is 11.6 Å². The van der Waals surface area contributed by atoms with E-state index in [2.05, 4.69) is 10.3 Å². The second-order valence-corrected chi connectivity index (χ2v) is 8.55. The van der Waals surface area contributed by atoms with Gasteiger partial charge in [-0.1, -0.05) is 41.9 Å². The highest BCUT2D eigenvalue weighted by atomic mass is 35.5. The molecule has 1 N–H and O–H groups in total. The van der Waals surface area contributed by atoms with Crippen LogP contribution in [-0.2, 0) is 21.4 Å². The summed E-state index contributed by atoms with van der Waals surface area (Å²) < 4.78 is 29.3. The fourth-order valence-corrected chi connectivity index (χ4v) is 4.52. The fourth-order valence-electron chi connectivity index (χ4n) is 2.77. The number of benzene rings is 2. The first kappa shape index (κ1) is 20.9. The highest BCUT2D eigenvalue weighted by molar-refractivity contribution is 7.92. The summed E-state index contributed by atoms with van der Waals surface area (Å²) in [6, 6.07) is 14.5. The van der Waals surface area contributed by atoms with Crippen LogP contribution in [0.2, 0.25) is 5.02 Å². The molecular formula is C20H21ClN4O3S. The van der Waals surface area contributed by atoms with E-state index >= 15 is 0 Å². The number of aryl methyl sites for hydroxylation is 1. The number of nitrogens with one attached hydrogen (secondary N) is 1. The molecule has 0 aliphatic rings. The minimum atomic E-state index is -3.96. The number of halogens is 1. The number of imidazole rings is 1. The second-order valence-electron chi connectivity index (χ2n) is 6.28. The number of hydrogen-bond donors (Lipinski definition) is 1. The van der Waals surface area contributed by atoms with Crippen LogP contribution in [0.25, 0.3) is 0 Å². The van der Waals surface area contributed by atoms with E-state index in [-0.39, 0.29) is 22.2 Å². The zero-order chi connectivity index (χ0) is 20.7. The van der Waals surface area contributed by atoms with Crippen LogP contribution in [0.15, 0.2) is 78.2 Å². The molecule has 0 radical (unpaired) electrons. The van der Waals surface area contributed by atoms with Crippen molar-refractivity contribution in [3.63, 3.8) is 0 Å². The molecule has 1 amide bonds. The number of carbonyl (C=O) groups is 1. The number of nitrogens with zero attached hydrogens (tertiary/aromatic N) is 3. The smallest absolute Gasteiger partial charge is 0.264 e. The highest BCUT2D eigenvalue weighted by Crippen LogP contribution is 2.30. The molecule has 0 spiro atoms. The molecule has 2 aromatic carbocycles. The van der Waals surface area contributed by atoms with Crippen molar-refractivity contribution in [2.24, 2.45) is 0 Å². The lowest BCUT2D eigenvalue weighted by molar-refractivity contribution is -0.119. The molecule has 9 heteroatoms. The summed E-state index contributed by atoms with van der Waals surface area (Å²) in [6.07, 6.45) is 5.93. The number of para-hydroxylation sites is 1. The maximum Gasteiger partial charge on any atom is 0.264 e. The van der Waals surface area contributed by atoms with Crippen molar-refractivity contribution in [3.05, 3.63) is 78.3 Å². The predicted molar refractivity (Wildman–Crippen MR) is 112 cm³/mol. The molecule has 1 aromatic heterocycles. The minimum absolute atomic E-state index is 0.0906. The first-order chi connectivity index (χ1) is 14.0. The van der Waals surface area contributed by atoms with Gasteiger partial charge in [0, 0.05) is 25.5 Å². The fraction of sp³-hybridized carbons (Fsp3) is 0.200. The highest BCUT2D eigenvalue weighted by Gasteiger charge is 2.28. The summed E-state index contributed by atoms with van der Waals surface area (Å²) in [5, 5.41) is 3.02. The molecule has 7 nitrogen and oxygen atoms in total. The van der Waals surface area contributed by atoms with E-state index in [0.29, 0.717) is 19.5 Å². The molecule has 0 fully saturated rings. The molecule has 0 aliphatic carbocycles. The van der Waals surface area contributed by atoms with Gasteiger partial charge < -0.3 is 9.88 Å². The number of sulfonamides is 1. The molecule has 3 rings (SSSR count). The standard InChI is InChI=1S/C20H21ClN4O3S/c21-18-9-4-5-10-19(18)25(29(27,28)17-7-2-1-3-8-17)15-20(26)23-11-6-13-24-14-12-22-16-24/h1-5,7-10,12,14,16H,6,11,13,15H2,(H,23,26). The van der Waals surface area contributed by atoms with E-state index in [1.165, 1.54) is 12.1 Å². The number of hydrogen-bond acceptors (Lipinski definition) is 4. The van der Waals surface area contributed by atoms with Crippen LogP contribution in [0, 0.1) is 0 Å². The average molecular weight is 433 g/mol. The van der Waals surface area contributed by atoms with Gasteiger partial charge in [-0.05, 0) is 30.7 Å². The van der Waals surface area contributed by atoms with Crippen molar-refractivity contribution >= 4 is 33.2 Å². The van der Waals surface area contributed by atoms with E-state index in [1.807, 2.05) is 10.8 Å². The van der Waals surface area contributed by atoms with Gasteiger partial charge in [0.2, 0.25) is 5.91 Å². The van der Waals surface area contributed by atoms with E-state index in [1.54, 1.807) is 55.0 Å². The van der Waals surface area contributed by atoms with Crippen LogP contribution in [0.5, 0.6) is 0 Å². The Morgan fingerprint density at radius 1 is 1.10 bits per heavy atom. The van der Waals surface area contributed by atoms with Crippen LogP contribution in [0.1, 0.15) is 6.42 Å². The van der Waals surface area contributed by atoms with Crippen molar-refractivity contribution < 1.29 is 13.2 Å². The topological polar surface area (TPSA) is 84.3 Å². The Morgan fingerprint density at radius 2 is 1.83 bits per heavy atom. The molecule has 1 heterocycles. The summed E-state index contributed by atoms with van der Waals surface area (Å²) in [5.41, 5.74) is 0.256. The lowest BCUT2D eigenvalue weighted by Gasteiger charge is -2.25. The third-order valence-corrected chi connectivity index (χ3v) is 6.31. The maximum absolute atomic E-state index is 13.2. The average Bonchev–Trinajstić information content (AvgIpc) is 3.24. The largest absolute Gasteiger partial charge is 0.354 e. The number of rotatable bonds is 9. The predicted octanol–water partition coefficient (Wildman–Crippen LogP) is 2.94. The van der Waals surface area contributed by atoms with E-state index < -0.39 is 15.9 Å². The van der Waals surface area contributed by atoms with Gasteiger partial charge in [-0.25, -0.2) is 13.4 Å². The third-order valence-electron chi connectivity index (χ3n) is 4.21. The molecule has 29 heavy (non-hydrogen) atoms. The number of carbonyl (C=O) groups excluding carboxylic acids is 1.